The van der Waals surface area contributed by atoms with E-state index in [2.05, 4.69) is 10.6 Å². The Morgan fingerprint density at radius 2 is 1.80 bits per heavy atom. The van der Waals surface area contributed by atoms with Gasteiger partial charge in [-0.2, -0.15) is 0 Å². The molecular weight excluding hydrogens is 382 g/mol. The molecule has 7 nitrogen and oxygen atoms in total. The third-order valence-corrected chi connectivity index (χ3v) is 5.92. The summed E-state index contributed by atoms with van der Waals surface area (Å²) in [5.74, 6) is 0.713. The average molecular weight is 407 g/mol. The number of imide groups is 1. The highest BCUT2D eigenvalue weighted by Crippen LogP contribution is 2.38. The first-order chi connectivity index (χ1) is 14.5. The van der Waals surface area contributed by atoms with Crippen molar-refractivity contribution in [3.63, 3.8) is 0 Å². The Morgan fingerprint density at radius 1 is 1.10 bits per heavy atom. The Hall–Kier alpha value is -3.35. The predicted molar refractivity (Wildman–Crippen MR) is 112 cm³/mol. The average Bonchev–Trinajstić information content (AvgIpc) is 2.97. The second-order valence-corrected chi connectivity index (χ2v) is 7.93. The van der Waals surface area contributed by atoms with E-state index >= 15 is 0 Å². The van der Waals surface area contributed by atoms with Gasteiger partial charge in [0.1, 0.15) is 23.6 Å². The molecule has 2 aromatic carbocycles. The zero-order valence-corrected chi connectivity index (χ0v) is 16.9. The quantitative estimate of drug-likeness (QED) is 0.736. The van der Waals surface area contributed by atoms with E-state index in [4.69, 9.17) is 4.74 Å². The Balaban J connectivity index is 1.36. The lowest BCUT2D eigenvalue weighted by Gasteiger charge is -2.36. The van der Waals surface area contributed by atoms with Crippen LogP contribution in [0.5, 0.6) is 11.5 Å². The van der Waals surface area contributed by atoms with Gasteiger partial charge in [-0.3, -0.25) is 14.5 Å². The lowest BCUT2D eigenvalue weighted by molar-refractivity contribution is -0.136. The van der Waals surface area contributed by atoms with Crippen molar-refractivity contribution >= 4 is 23.5 Å². The molecule has 1 spiro atoms. The van der Waals surface area contributed by atoms with E-state index in [1.165, 1.54) is 0 Å². The van der Waals surface area contributed by atoms with Crippen molar-refractivity contribution < 1.29 is 19.1 Å². The van der Waals surface area contributed by atoms with Gasteiger partial charge >= 0.3 is 6.03 Å². The number of hydrogen-bond acceptors (Lipinski definition) is 4. The summed E-state index contributed by atoms with van der Waals surface area (Å²) >= 11 is 0. The lowest BCUT2D eigenvalue weighted by Crippen LogP contribution is -2.54. The van der Waals surface area contributed by atoms with E-state index in [0.717, 1.165) is 29.9 Å². The first-order valence-electron chi connectivity index (χ1n) is 10.2. The number of benzene rings is 2. The minimum Gasteiger partial charge on any atom is -0.457 e. The number of nitrogens with one attached hydrogen (secondary N) is 2. The summed E-state index contributed by atoms with van der Waals surface area (Å²) < 4.78 is 5.73. The van der Waals surface area contributed by atoms with E-state index in [1.54, 1.807) is 24.3 Å². The van der Waals surface area contributed by atoms with Crippen LogP contribution in [0.4, 0.5) is 10.5 Å². The summed E-state index contributed by atoms with van der Waals surface area (Å²) in [6.45, 7) is 1.68. The Morgan fingerprint density at radius 3 is 2.50 bits per heavy atom. The SMILES string of the molecule is C[C@@H]1CCCC[C@]12NC(=O)N(CC(=O)Nc1ccc(Oc3ccccc3)cc1)C2=O. The number of hydrogen-bond donors (Lipinski definition) is 2. The number of ether oxygens (including phenoxy) is 1. The Bertz CT molecular complexity index is 945. The summed E-state index contributed by atoms with van der Waals surface area (Å²) in [5, 5.41) is 5.59. The van der Waals surface area contributed by atoms with Crippen molar-refractivity contribution in [3.05, 3.63) is 54.6 Å². The molecular formula is C23H25N3O4. The molecule has 1 saturated carbocycles. The molecule has 2 atom stereocenters. The molecule has 0 bridgehead atoms. The highest BCUT2D eigenvalue weighted by Gasteiger charge is 2.55. The van der Waals surface area contributed by atoms with Gasteiger partial charge in [0.2, 0.25) is 5.91 Å². The minimum atomic E-state index is -0.855. The van der Waals surface area contributed by atoms with Crippen molar-refractivity contribution in [2.24, 2.45) is 5.92 Å². The van der Waals surface area contributed by atoms with Crippen molar-refractivity contribution in [2.75, 3.05) is 11.9 Å². The topological polar surface area (TPSA) is 87.7 Å². The van der Waals surface area contributed by atoms with Crippen LogP contribution in [0, 0.1) is 5.92 Å². The second kappa shape index (κ2) is 8.18. The number of carbonyl (C=O) groups is 3. The number of carbonyl (C=O) groups excluding carboxylic acids is 3. The molecule has 30 heavy (non-hydrogen) atoms. The summed E-state index contributed by atoms with van der Waals surface area (Å²) in [5.41, 5.74) is -0.292. The molecule has 156 valence electrons. The van der Waals surface area contributed by atoms with E-state index in [9.17, 15) is 14.4 Å². The van der Waals surface area contributed by atoms with Crippen LogP contribution in [-0.4, -0.2) is 34.8 Å². The van der Waals surface area contributed by atoms with Gasteiger partial charge in [0.05, 0.1) is 0 Å². The van der Waals surface area contributed by atoms with E-state index in [1.807, 2.05) is 37.3 Å². The van der Waals surface area contributed by atoms with Gasteiger partial charge in [-0.05, 0) is 55.2 Å². The molecule has 4 amide bonds. The summed E-state index contributed by atoms with van der Waals surface area (Å²) in [4.78, 5) is 38.9. The maximum Gasteiger partial charge on any atom is 0.325 e. The third kappa shape index (κ3) is 3.87. The largest absolute Gasteiger partial charge is 0.457 e. The van der Waals surface area contributed by atoms with Gasteiger partial charge < -0.3 is 15.4 Å². The summed E-state index contributed by atoms with van der Waals surface area (Å²) in [7, 11) is 0. The monoisotopic (exact) mass is 407 g/mol. The fourth-order valence-corrected chi connectivity index (χ4v) is 4.21. The fourth-order valence-electron chi connectivity index (χ4n) is 4.21. The molecule has 7 heteroatoms. The molecule has 0 unspecified atom stereocenters. The molecule has 0 radical (unpaired) electrons. The molecule has 2 aliphatic rings. The lowest BCUT2D eigenvalue weighted by atomic mass is 9.73. The van der Waals surface area contributed by atoms with Crippen LogP contribution >= 0.6 is 0 Å². The maximum absolute atomic E-state index is 13.0. The van der Waals surface area contributed by atoms with Crippen molar-refractivity contribution in [3.8, 4) is 11.5 Å². The van der Waals surface area contributed by atoms with Gasteiger partial charge in [0.15, 0.2) is 0 Å². The van der Waals surface area contributed by atoms with Gasteiger partial charge in [-0.1, -0.05) is 38.0 Å². The predicted octanol–water partition coefficient (Wildman–Crippen LogP) is 3.92. The molecule has 2 N–H and O–H groups in total. The number of para-hydroxylation sites is 1. The second-order valence-electron chi connectivity index (χ2n) is 7.93. The highest BCUT2D eigenvalue weighted by molar-refractivity contribution is 6.10. The van der Waals surface area contributed by atoms with Crippen LogP contribution in [0.2, 0.25) is 0 Å². The van der Waals surface area contributed by atoms with Crippen LogP contribution in [-0.2, 0) is 9.59 Å². The Labute approximate surface area is 175 Å². The molecule has 2 fully saturated rings. The van der Waals surface area contributed by atoms with Gasteiger partial charge in [-0.25, -0.2) is 4.79 Å². The number of amides is 4. The number of urea groups is 1. The van der Waals surface area contributed by atoms with Crippen molar-refractivity contribution in [1.82, 2.24) is 10.2 Å². The van der Waals surface area contributed by atoms with Crippen LogP contribution in [0.25, 0.3) is 0 Å². The third-order valence-electron chi connectivity index (χ3n) is 5.92. The fraction of sp³-hybridized carbons (Fsp3) is 0.348. The first-order valence-corrected chi connectivity index (χ1v) is 10.2. The number of anilines is 1. The molecule has 2 aromatic rings. The molecule has 1 saturated heterocycles. The maximum atomic E-state index is 13.0. The van der Waals surface area contributed by atoms with Crippen molar-refractivity contribution in [1.29, 1.82) is 0 Å². The van der Waals surface area contributed by atoms with Crippen molar-refractivity contribution in [2.45, 2.75) is 38.1 Å². The van der Waals surface area contributed by atoms with Gasteiger partial charge in [0.25, 0.3) is 5.91 Å². The van der Waals surface area contributed by atoms with E-state index < -0.39 is 17.5 Å². The molecule has 0 aromatic heterocycles. The van der Waals surface area contributed by atoms with E-state index in [-0.39, 0.29) is 18.4 Å². The zero-order chi connectivity index (χ0) is 21.1. The first kappa shape index (κ1) is 19.9. The standard InChI is InChI=1S/C23H25N3O4/c1-16-7-5-6-14-23(16)21(28)26(22(29)25-23)15-20(27)24-17-10-12-19(13-11-17)30-18-8-3-2-4-9-18/h2-4,8-13,16H,5-7,14-15H2,1H3,(H,24,27)(H,25,29)/t16-,23+/m1/s1. The molecule has 4 rings (SSSR count). The summed E-state index contributed by atoms with van der Waals surface area (Å²) in [6.07, 6.45) is 3.47. The highest BCUT2D eigenvalue weighted by atomic mass is 16.5. The zero-order valence-electron chi connectivity index (χ0n) is 16.9. The molecule has 1 heterocycles. The summed E-state index contributed by atoms with van der Waals surface area (Å²) in [6, 6.07) is 15.8. The van der Waals surface area contributed by atoms with Gasteiger partial charge in [-0.15, -0.1) is 0 Å². The van der Waals surface area contributed by atoms with Crippen LogP contribution in [0.1, 0.15) is 32.6 Å². The van der Waals surface area contributed by atoms with Crippen LogP contribution in [0.3, 0.4) is 0 Å². The Kier molecular flexibility index (Phi) is 5.44. The normalized spacial score (nSPS) is 23.4. The van der Waals surface area contributed by atoms with E-state index in [0.29, 0.717) is 17.9 Å². The van der Waals surface area contributed by atoms with Crippen LogP contribution < -0.4 is 15.4 Å². The molecule has 1 aliphatic carbocycles. The van der Waals surface area contributed by atoms with Gasteiger partial charge in [0, 0.05) is 5.69 Å². The molecule has 1 aliphatic heterocycles. The smallest absolute Gasteiger partial charge is 0.325 e. The van der Waals surface area contributed by atoms with Crippen LogP contribution in [0.15, 0.2) is 54.6 Å². The number of rotatable bonds is 5. The minimum absolute atomic E-state index is 0.0629. The number of nitrogens with zero attached hydrogens (tertiary/aromatic N) is 1.